The summed E-state index contributed by atoms with van der Waals surface area (Å²) in [5, 5.41) is 16.2. The Morgan fingerprint density at radius 2 is 1.06 bits per heavy atom. The zero-order chi connectivity index (χ0) is 33.6. The molecule has 3 heterocycles. The van der Waals surface area contributed by atoms with Gasteiger partial charge in [-0.3, -0.25) is 20.5 Å². The minimum atomic E-state index is -0.171. The highest BCUT2D eigenvalue weighted by Crippen LogP contribution is 2.39. The molecule has 0 bridgehead atoms. The van der Waals surface area contributed by atoms with Crippen LogP contribution < -0.4 is 21.7 Å². The number of nitrogens with zero attached hydrogens (tertiary/aromatic N) is 2. The second-order valence-electron chi connectivity index (χ2n) is 12.9. The largest absolute Gasteiger partial charge is 0.385 e. The first-order valence-electron chi connectivity index (χ1n) is 17.2. The molecule has 0 radical (unpaired) electrons. The highest BCUT2D eigenvalue weighted by molar-refractivity contribution is 6.19. The molecule has 6 heteroatoms. The van der Waals surface area contributed by atoms with Gasteiger partial charge in [-0.05, 0) is 66.1 Å². The maximum absolute atomic E-state index is 7.22. The fourth-order valence-electron chi connectivity index (χ4n) is 7.65. The van der Waals surface area contributed by atoms with Gasteiger partial charge in [0.1, 0.15) is 5.82 Å². The van der Waals surface area contributed by atoms with Crippen LogP contribution in [0, 0.1) is 0 Å². The van der Waals surface area contributed by atoms with Crippen molar-refractivity contribution in [1.82, 2.24) is 25.1 Å². The lowest BCUT2D eigenvalue weighted by Gasteiger charge is -2.40. The number of hydrogen-bond donors (Lipinski definition) is 4. The monoisotopic (exact) mass is 650 g/mol. The van der Waals surface area contributed by atoms with E-state index in [2.05, 4.69) is 196 Å². The molecule has 1 fully saturated rings. The molecule has 8 aromatic rings. The van der Waals surface area contributed by atoms with E-state index in [4.69, 9.17) is 5.73 Å². The summed E-state index contributed by atoms with van der Waals surface area (Å²) in [5.41, 5.74) is 16.2. The smallest absolute Gasteiger partial charge is 0.108 e. The topological polar surface area (TPSA) is 72.0 Å². The number of allylic oxidation sites excluding steroid dienone is 1. The third kappa shape index (κ3) is 5.09. The van der Waals surface area contributed by atoms with Crippen LogP contribution in [0.5, 0.6) is 0 Å². The molecule has 1 aliphatic rings. The molecule has 1 aliphatic heterocycles. The molecule has 9 rings (SSSR count). The van der Waals surface area contributed by atoms with E-state index < -0.39 is 0 Å². The number of benzene rings is 6. The Kier molecular flexibility index (Phi) is 7.55. The van der Waals surface area contributed by atoms with Crippen molar-refractivity contribution < 1.29 is 0 Å². The van der Waals surface area contributed by atoms with Crippen LogP contribution in [0.15, 0.2) is 169 Å². The van der Waals surface area contributed by atoms with E-state index in [-0.39, 0.29) is 18.5 Å². The van der Waals surface area contributed by atoms with Crippen LogP contribution in [0.1, 0.15) is 30.4 Å². The molecule has 0 spiro atoms. The molecular weight excluding hydrogens is 613 g/mol. The lowest BCUT2D eigenvalue weighted by Crippen LogP contribution is -2.59. The van der Waals surface area contributed by atoms with Gasteiger partial charge in [0.15, 0.2) is 0 Å². The summed E-state index contributed by atoms with van der Waals surface area (Å²) in [5.74, 6) is 0.653. The van der Waals surface area contributed by atoms with Gasteiger partial charge in [0.05, 0.1) is 40.6 Å². The first-order chi connectivity index (χ1) is 24.7. The van der Waals surface area contributed by atoms with Crippen LogP contribution in [0.25, 0.3) is 55.1 Å². The van der Waals surface area contributed by atoms with Crippen molar-refractivity contribution in [2.45, 2.75) is 25.4 Å². The predicted octanol–water partition coefficient (Wildman–Crippen LogP) is 9.10. The van der Waals surface area contributed by atoms with E-state index in [1.807, 2.05) is 0 Å². The van der Waals surface area contributed by atoms with Crippen LogP contribution in [-0.2, 0) is 0 Å². The number of para-hydroxylation sites is 3. The minimum absolute atomic E-state index is 0.0707. The van der Waals surface area contributed by atoms with Crippen molar-refractivity contribution in [2.75, 3.05) is 0 Å². The molecule has 6 nitrogen and oxygen atoms in total. The van der Waals surface area contributed by atoms with Gasteiger partial charge < -0.3 is 10.3 Å². The van der Waals surface area contributed by atoms with E-state index in [9.17, 15) is 0 Å². The summed E-state index contributed by atoms with van der Waals surface area (Å²) in [6, 6.07) is 53.5. The van der Waals surface area contributed by atoms with Gasteiger partial charge in [-0.1, -0.05) is 121 Å². The lowest BCUT2D eigenvalue weighted by atomic mass is 10.0. The van der Waals surface area contributed by atoms with Crippen molar-refractivity contribution >= 4 is 49.4 Å². The molecule has 5 N–H and O–H groups in total. The molecule has 0 aliphatic carbocycles. The highest BCUT2D eigenvalue weighted by atomic mass is 15.4. The minimum Gasteiger partial charge on any atom is -0.385 e. The van der Waals surface area contributed by atoms with Crippen molar-refractivity contribution in [3.05, 3.63) is 181 Å². The Morgan fingerprint density at radius 1 is 0.540 bits per heavy atom. The van der Waals surface area contributed by atoms with E-state index in [0.717, 1.165) is 27.8 Å². The van der Waals surface area contributed by atoms with Crippen molar-refractivity contribution in [3.63, 3.8) is 0 Å². The molecule has 244 valence electrons. The molecule has 50 heavy (non-hydrogen) atoms. The van der Waals surface area contributed by atoms with E-state index in [0.29, 0.717) is 5.82 Å². The number of nitrogens with two attached hydrogens (primary N) is 1. The van der Waals surface area contributed by atoms with Crippen LogP contribution in [0.4, 0.5) is 0 Å². The van der Waals surface area contributed by atoms with E-state index in [1.165, 1.54) is 38.2 Å². The van der Waals surface area contributed by atoms with Gasteiger partial charge in [0.2, 0.25) is 0 Å². The van der Waals surface area contributed by atoms with E-state index >= 15 is 0 Å². The van der Waals surface area contributed by atoms with Crippen LogP contribution >= 0.6 is 0 Å². The maximum atomic E-state index is 7.22. The maximum Gasteiger partial charge on any atom is 0.108 e. The summed E-state index contributed by atoms with van der Waals surface area (Å²) in [7, 11) is 0. The van der Waals surface area contributed by atoms with Crippen LogP contribution in [0.3, 0.4) is 0 Å². The number of rotatable bonds is 6. The third-order valence-corrected chi connectivity index (χ3v) is 9.99. The summed E-state index contributed by atoms with van der Waals surface area (Å²) in [4.78, 5) is 0. The van der Waals surface area contributed by atoms with Gasteiger partial charge in [-0.25, -0.2) is 0 Å². The van der Waals surface area contributed by atoms with Gasteiger partial charge in [-0.15, -0.1) is 0 Å². The van der Waals surface area contributed by atoms with Crippen molar-refractivity contribution in [3.8, 4) is 5.69 Å². The standard InChI is InChI=1S/C44H38N6/c1-2-29(42-46-43(30-16-6-3-7-17-30)48-44(47-42)31-18-8-4-9-19-31)26-41(45)50-38-25-15-13-23-34(38)36-27-35-33-22-12-14-24-37(33)49(39(35)28-40(36)50)32-20-10-5-11-21-32/h2-28,42-44,46-48H,45H2,1H3/b29-2+,41-26+. The molecular formula is C44H38N6. The Labute approximate surface area is 291 Å². The SMILES string of the molecule is C/C=C(\C=C(/N)n1c2ccccc2c2cc3c4ccccc4n(-c4ccccc4)c3cc21)C1NC(c2ccccc2)NC(c2ccccc2)N1. The first-order valence-corrected chi connectivity index (χ1v) is 17.2. The fourth-order valence-corrected chi connectivity index (χ4v) is 7.65. The molecule has 2 aromatic heterocycles. The quantitative estimate of drug-likeness (QED) is 0.136. The highest BCUT2D eigenvalue weighted by Gasteiger charge is 2.30. The number of aromatic nitrogens is 2. The van der Waals surface area contributed by atoms with Gasteiger partial charge >= 0.3 is 0 Å². The first kappa shape index (κ1) is 30.2. The number of nitrogens with one attached hydrogen (secondary N) is 3. The van der Waals surface area contributed by atoms with E-state index in [1.54, 1.807) is 0 Å². The predicted molar refractivity (Wildman–Crippen MR) is 208 cm³/mol. The molecule has 2 atom stereocenters. The van der Waals surface area contributed by atoms with Crippen LogP contribution in [-0.4, -0.2) is 15.3 Å². The molecule has 0 amide bonds. The average Bonchev–Trinajstić information content (AvgIpc) is 3.69. The Hall–Kier alpha value is -5.92. The fraction of sp³-hybridized carbons (Fsp3) is 0.0909. The Balaban J connectivity index is 1.20. The molecule has 2 unspecified atom stereocenters. The number of fused-ring (bicyclic) bond motifs is 6. The van der Waals surface area contributed by atoms with Crippen molar-refractivity contribution in [2.24, 2.45) is 5.73 Å². The third-order valence-electron chi connectivity index (χ3n) is 9.99. The van der Waals surface area contributed by atoms with Crippen LogP contribution in [0.2, 0.25) is 0 Å². The second kappa shape index (κ2) is 12.5. The average molecular weight is 651 g/mol. The zero-order valence-electron chi connectivity index (χ0n) is 27.8. The number of hydrogen-bond acceptors (Lipinski definition) is 4. The molecule has 6 aromatic carbocycles. The Morgan fingerprint density at radius 3 is 1.68 bits per heavy atom. The van der Waals surface area contributed by atoms with Gasteiger partial charge in [0.25, 0.3) is 0 Å². The summed E-state index contributed by atoms with van der Waals surface area (Å²) >= 11 is 0. The van der Waals surface area contributed by atoms with Crippen molar-refractivity contribution in [1.29, 1.82) is 0 Å². The second-order valence-corrected chi connectivity index (χ2v) is 12.9. The normalized spacial score (nSPS) is 18.8. The molecule has 0 saturated carbocycles. The zero-order valence-corrected chi connectivity index (χ0v) is 27.8. The molecule has 1 saturated heterocycles. The summed E-state index contributed by atoms with van der Waals surface area (Å²) in [6.07, 6.45) is 3.95. The lowest BCUT2D eigenvalue weighted by molar-refractivity contribution is 0.224. The van der Waals surface area contributed by atoms with Gasteiger partial charge in [0, 0.05) is 27.2 Å². The summed E-state index contributed by atoms with van der Waals surface area (Å²) in [6.45, 7) is 2.08. The summed E-state index contributed by atoms with van der Waals surface area (Å²) < 4.78 is 4.57. The Bertz CT molecular complexity index is 2500. The van der Waals surface area contributed by atoms with Gasteiger partial charge in [-0.2, -0.15) is 0 Å².